The van der Waals surface area contributed by atoms with Crippen molar-refractivity contribution in [3.8, 4) is 5.75 Å². The molecular formula is C17H28N3O3+. The number of benzene rings is 1. The fourth-order valence-electron chi connectivity index (χ4n) is 2.12. The molecule has 1 unspecified atom stereocenters. The van der Waals surface area contributed by atoms with Gasteiger partial charge in [0.2, 0.25) is 5.91 Å². The minimum Gasteiger partial charge on any atom is -0.494 e. The molecule has 0 saturated carbocycles. The molecule has 0 aromatic heterocycles. The van der Waals surface area contributed by atoms with E-state index in [-0.39, 0.29) is 18.4 Å². The van der Waals surface area contributed by atoms with Gasteiger partial charge in [-0.05, 0) is 37.6 Å². The molecule has 0 radical (unpaired) electrons. The zero-order valence-electron chi connectivity index (χ0n) is 14.3. The number of likely N-dealkylation sites (N-methyl/N-ethyl adjacent to an activating group) is 1. The Morgan fingerprint density at radius 2 is 1.78 bits per heavy atom. The molecule has 2 amide bonds. The summed E-state index contributed by atoms with van der Waals surface area (Å²) in [5, 5.41) is 5.37. The summed E-state index contributed by atoms with van der Waals surface area (Å²) in [6.07, 6.45) is 0.884. The Morgan fingerprint density at radius 1 is 1.09 bits per heavy atom. The highest BCUT2D eigenvalue weighted by molar-refractivity contribution is 5.84. The van der Waals surface area contributed by atoms with Crippen LogP contribution in [-0.2, 0) is 16.1 Å². The molecule has 3 N–H and O–H groups in total. The van der Waals surface area contributed by atoms with Crippen molar-refractivity contribution in [2.24, 2.45) is 0 Å². The summed E-state index contributed by atoms with van der Waals surface area (Å²) in [4.78, 5) is 24.3. The van der Waals surface area contributed by atoms with Gasteiger partial charge in [-0.1, -0.05) is 6.92 Å². The van der Waals surface area contributed by atoms with Crippen molar-refractivity contribution in [3.05, 3.63) is 29.8 Å². The molecule has 6 nitrogen and oxygen atoms in total. The number of nitrogens with one attached hydrogen (secondary N) is 3. The fourth-order valence-corrected chi connectivity index (χ4v) is 2.12. The van der Waals surface area contributed by atoms with Crippen LogP contribution in [0, 0.1) is 0 Å². The largest absolute Gasteiger partial charge is 0.494 e. The molecule has 6 heteroatoms. The average molecular weight is 322 g/mol. The lowest BCUT2D eigenvalue weighted by atomic mass is 10.2. The molecule has 0 aliphatic carbocycles. The van der Waals surface area contributed by atoms with Crippen LogP contribution in [-0.4, -0.2) is 45.1 Å². The highest BCUT2D eigenvalue weighted by Gasteiger charge is 2.11. The Labute approximate surface area is 138 Å². The molecular weight excluding hydrogens is 294 g/mol. The van der Waals surface area contributed by atoms with Crippen LogP contribution in [0.25, 0.3) is 0 Å². The molecule has 0 aliphatic rings. The normalized spacial score (nSPS) is 11.6. The molecule has 0 spiro atoms. The van der Waals surface area contributed by atoms with Crippen LogP contribution in [0.2, 0.25) is 0 Å². The van der Waals surface area contributed by atoms with Crippen LogP contribution in [0.4, 0.5) is 0 Å². The zero-order valence-corrected chi connectivity index (χ0v) is 14.3. The van der Waals surface area contributed by atoms with Crippen LogP contribution in [0.3, 0.4) is 0 Å². The van der Waals surface area contributed by atoms with Crippen LogP contribution in [0.1, 0.15) is 25.8 Å². The number of carbonyl (C=O) groups excluding carboxylic acids is 2. The van der Waals surface area contributed by atoms with Crippen molar-refractivity contribution in [1.82, 2.24) is 10.6 Å². The van der Waals surface area contributed by atoms with Gasteiger partial charge in [0.15, 0.2) is 6.54 Å². The second-order valence-electron chi connectivity index (χ2n) is 5.51. The minimum atomic E-state index is -0.149. The molecule has 0 heterocycles. The molecule has 0 saturated heterocycles. The third kappa shape index (κ3) is 8.21. The summed E-state index contributed by atoms with van der Waals surface area (Å²) in [5.74, 6) is 0.578. The highest BCUT2D eigenvalue weighted by atomic mass is 16.5. The van der Waals surface area contributed by atoms with E-state index in [0.29, 0.717) is 19.7 Å². The molecule has 1 rings (SSSR count). The van der Waals surface area contributed by atoms with Gasteiger partial charge in [0.25, 0.3) is 5.91 Å². The van der Waals surface area contributed by atoms with Crippen molar-refractivity contribution >= 4 is 11.8 Å². The Bertz CT molecular complexity index is 488. The first-order valence-corrected chi connectivity index (χ1v) is 8.11. The number of quaternary nitrogens is 1. The maximum Gasteiger partial charge on any atom is 0.275 e. The van der Waals surface area contributed by atoms with Gasteiger partial charge in [-0.2, -0.15) is 0 Å². The molecule has 1 atom stereocenters. The Hall–Kier alpha value is -2.08. The number of rotatable bonds is 10. The number of hydrogen-bond donors (Lipinski definition) is 3. The summed E-state index contributed by atoms with van der Waals surface area (Å²) < 4.78 is 5.40. The standard InChI is InChI=1S/C17H27N3O3/c1-4-10-18-16(21)11-19-17(22)13-20(3)12-14-6-8-15(9-7-14)23-5-2/h6-9H,4-5,10-13H2,1-3H3,(H,18,21)(H,19,22)/p+1. The highest BCUT2D eigenvalue weighted by Crippen LogP contribution is 2.11. The second-order valence-corrected chi connectivity index (χ2v) is 5.51. The smallest absolute Gasteiger partial charge is 0.275 e. The third-order valence-corrected chi connectivity index (χ3v) is 3.22. The van der Waals surface area contributed by atoms with Crippen molar-refractivity contribution in [3.63, 3.8) is 0 Å². The number of hydrogen-bond acceptors (Lipinski definition) is 3. The van der Waals surface area contributed by atoms with Gasteiger partial charge in [0.05, 0.1) is 20.2 Å². The first-order chi connectivity index (χ1) is 11.0. The van der Waals surface area contributed by atoms with Crippen molar-refractivity contribution in [1.29, 1.82) is 0 Å². The monoisotopic (exact) mass is 322 g/mol. The molecule has 0 aliphatic heterocycles. The van der Waals surface area contributed by atoms with Gasteiger partial charge in [0, 0.05) is 12.1 Å². The molecule has 0 fully saturated rings. The summed E-state index contributed by atoms with van der Waals surface area (Å²) >= 11 is 0. The molecule has 1 aromatic rings. The predicted molar refractivity (Wildman–Crippen MR) is 89.4 cm³/mol. The first-order valence-electron chi connectivity index (χ1n) is 8.11. The lowest BCUT2D eigenvalue weighted by molar-refractivity contribution is -0.885. The van der Waals surface area contributed by atoms with Crippen LogP contribution in [0.15, 0.2) is 24.3 Å². The predicted octanol–water partition coefficient (Wildman–Crippen LogP) is -0.258. The van der Waals surface area contributed by atoms with Gasteiger partial charge in [-0.3, -0.25) is 9.59 Å². The van der Waals surface area contributed by atoms with Gasteiger partial charge in [-0.15, -0.1) is 0 Å². The van der Waals surface area contributed by atoms with E-state index in [9.17, 15) is 9.59 Å². The van der Waals surface area contributed by atoms with E-state index in [1.807, 2.05) is 45.2 Å². The maximum absolute atomic E-state index is 11.8. The van der Waals surface area contributed by atoms with Gasteiger partial charge in [-0.25, -0.2) is 0 Å². The lowest BCUT2D eigenvalue weighted by Crippen LogP contribution is -3.08. The summed E-state index contributed by atoms with van der Waals surface area (Å²) in [6, 6.07) is 7.88. The number of ether oxygens (including phenoxy) is 1. The van der Waals surface area contributed by atoms with Crippen molar-refractivity contribution < 1.29 is 19.2 Å². The second kappa shape index (κ2) is 10.6. The van der Waals surface area contributed by atoms with E-state index in [1.165, 1.54) is 0 Å². The van der Waals surface area contributed by atoms with E-state index in [1.54, 1.807) is 0 Å². The summed E-state index contributed by atoms with van der Waals surface area (Å²) in [5.41, 5.74) is 1.14. The molecule has 23 heavy (non-hydrogen) atoms. The summed E-state index contributed by atoms with van der Waals surface area (Å²) in [6.45, 7) is 6.32. The zero-order chi connectivity index (χ0) is 17.1. The van der Waals surface area contributed by atoms with E-state index in [0.717, 1.165) is 29.2 Å². The third-order valence-electron chi connectivity index (χ3n) is 3.22. The minimum absolute atomic E-state index is 0.0369. The van der Waals surface area contributed by atoms with Crippen molar-refractivity contribution in [2.45, 2.75) is 26.8 Å². The average Bonchev–Trinajstić information content (AvgIpc) is 2.53. The quantitative estimate of drug-likeness (QED) is 0.556. The van der Waals surface area contributed by atoms with E-state index in [2.05, 4.69) is 10.6 Å². The topological polar surface area (TPSA) is 71.9 Å². The Morgan fingerprint density at radius 3 is 2.39 bits per heavy atom. The lowest BCUT2D eigenvalue weighted by Gasteiger charge is -2.14. The van der Waals surface area contributed by atoms with Crippen molar-refractivity contribution in [2.75, 3.05) is 33.3 Å². The van der Waals surface area contributed by atoms with Crippen LogP contribution < -0.4 is 20.3 Å². The fraction of sp³-hybridized carbons (Fsp3) is 0.529. The molecule has 128 valence electrons. The number of carbonyl (C=O) groups is 2. The van der Waals surface area contributed by atoms with Gasteiger partial charge in [0.1, 0.15) is 12.3 Å². The van der Waals surface area contributed by atoms with Gasteiger partial charge < -0.3 is 20.3 Å². The SMILES string of the molecule is CCCNC(=O)CNC(=O)C[NH+](C)Cc1ccc(OCC)cc1. The Kier molecular flexibility index (Phi) is 8.75. The Balaban J connectivity index is 2.30. The molecule has 0 bridgehead atoms. The summed E-state index contributed by atoms with van der Waals surface area (Å²) in [7, 11) is 1.95. The number of amides is 2. The van der Waals surface area contributed by atoms with E-state index >= 15 is 0 Å². The van der Waals surface area contributed by atoms with E-state index < -0.39 is 0 Å². The van der Waals surface area contributed by atoms with Gasteiger partial charge >= 0.3 is 0 Å². The van der Waals surface area contributed by atoms with Crippen LogP contribution in [0.5, 0.6) is 5.75 Å². The van der Waals surface area contributed by atoms with Crippen LogP contribution >= 0.6 is 0 Å². The first kappa shape index (κ1) is 19.0. The van der Waals surface area contributed by atoms with E-state index in [4.69, 9.17) is 4.74 Å². The maximum atomic E-state index is 11.8. The molecule has 1 aromatic carbocycles.